The fourth-order valence-corrected chi connectivity index (χ4v) is 1.72. The lowest BCUT2D eigenvalue weighted by Crippen LogP contribution is -2.11. The van der Waals surface area contributed by atoms with E-state index in [1.807, 2.05) is 0 Å². The van der Waals surface area contributed by atoms with Crippen LogP contribution in [0.3, 0.4) is 0 Å². The van der Waals surface area contributed by atoms with Gasteiger partial charge in [-0.25, -0.2) is 9.37 Å². The maximum absolute atomic E-state index is 13.8. The van der Waals surface area contributed by atoms with Crippen molar-refractivity contribution in [3.63, 3.8) is 0 Å². The van der Waals surface area contributed by atoms with Gasteiger partial charge in [0.1, 0.15) is 5.82 Å². The van der Waals surface area contributed by atoms with Crippen LogP contribution in [0.25, 0.3) is 11.4 Å². The van der Waals surface area contributed by atoms with Crippen LogP contribution in [0.2, 0.25) is 5.02 Å². The zero-order valence-electron chi connectivity index (χ0n) is 9.54. The Labute approximate surface area is 107 Å². The Morgan fingerprint density at radius 1 is 1.50 bits per heavy atom. The summed E-state index contributed by atoms with van der Waals surface area (Å²) in [6.45, 7) is 0.180. The maximum Gasteiger partial charge on any atom is 0.251 e. The van der Waals surface area contributed by atoms with Gasteiger partial charge in [-0.05, 0) is 12.1 Å². The van der Waals surface area contributed by atoms with Crippen LogP contribution in [0.1, 0.15) is 5.69 Å². The molecule has 0 amide bonds. The molecule has 4 nitrogen and oxygen atoms in total. The standard InChI is InChI=1S/C12H10ClFN2O2/c1-18-6-7-5-10(17)16-12(15-7)8-3-2-4-9(13)11(8)14/h2-5H,6H2,1H3,(H,15,16,17). The van der Waals surface area contributed by atoms with E-state index in [1.165, 1.54) is 25.3 Å². The Hall–Kier alpha value is -1.72. The predicted octanol–water partition coefficient (Wildman–Crippen LogP) is 2.38. The molecular weight excluding hydrogens is 259 g/mol. The summed E-state index contributed by atoms with van der Waals surface area (Å²) in [5.74, 6) is -0.480. The van der Waals surface area contributed by atoms with E-state index in [2.05, 4.69) is 9.97 Å². The molecule has 0 radical (unpaired) electrons. The maximum atomic E-state index is 13.8. The summed E-state index contributed by atoms with van der Waals surface area (Å²) >= 11 is 5.68. The van der Waals surface area contributed by atoms with Crippen molar-refractivity contribution in [2.75, 3.05) is 7.11 Å². The fourth-order valence-electron chi connectivity index (χ4n) is 1.54. The first-order valence-electron chi connectivity index (χ1n) is 5.15. The van der Waals surface area contributed by atoms with Crippen LogP contribution in [-0.4, -0.2) is 17.1 Å². The Kier molecular flexibility index (Phi) is 3.74. The third-order valence-electron chi connectivity index (χ3n) is 2.29. The lowest BCUT2D eigenvalue weighted by atomic mass is 10.2. The van der Waals surface area contributed by atoms with Crippen LogP contribution >= 0.6 is 11.6 Å². The van der Waals surface area contributed by atoms with Gasteiger partial charge in [-0.1, -0.05) is 17.7 Å². The van der Waals surface area contributed by atoms with Gasteiger partial charge in [0, 0.05) is 13.2 Å². The number of nitrogens with one attached hydrogen (secondary N) is 1. The summed E-state index contributed by atoms with van der Waals surface area (Å²) < 4.78 is 18.7. The van der Waals surface area contributed by atoms with Crippen molar-refractivity contribution in [3.8, 4) is 11.4 Å². The average Bonchev–Trinajstić information content (AvgIpc) is 2.32. The highest BCUT2D eigenvalue weighted by molar-refractivity contribution is 6.31. The summed E-state index contributed by atoms with van der Waals surface area (Å²) in [5.41, 5.74) is 0.208. The van der Waals surface area contributed by atoms with E-state index >= 15 is 0 Å². The highest BCUT2D eigenvalue weighted by Gasteiger charge is 2.11. The molecule has 0 fully saturated rings. The molecule has 1 N–H and O–H groups in total. The highest BCUT2D eigenvalue weighted by atomic mass is 35.5. The van der Waals surface area contributed by atoms with Crippen molar-refractivity contribution in [2.45, 2.75) is 6.61 Å². The number of aromatic nitrogens is 2. The number of methoxy groups -OCH3 is 1. The molecule has 0 bridgehead atoms. The molecule has 1 aromatic carbocycles. The predicted molar refractivity (Wildman–Crippen MR) is 66.0 cm³/mol. The number of nitrogens with zero attached hydrogens (tertiary/aromatic N) is 1. The molecule has 2 aromatic rings. The molecule has 0 aliphatic heterocycles. The van der Waals surface area contributed by atoms with Crippen molar-refractivity contribution >= 4 is 11.6 Å². The number of halogens is 2. The van der Waals surface area contributed by atoms with E-state index in [-0.39, 0.29) is 28.6 Å². The van der Waals surface area contributed by atoms with E-state index in [9.17, 15) is 9.18 Å². The van der Waals surface area contributed by atoms with Gasteiger partial charge in [0.2, 0.25) is 0 Å². The Morgan fingerprint density at radius 2 is 2.28 bits per heavy atom. The van der Waals surface area contributed by atoms with Crippen LogP contribution in [0.4, 0.5) is 4.39 Å². The second-order valence-electron chi connectivity index (χ2n) is 3.62. The molecule has 2 rings (SSSR count). The first-order chi connectivity index (χ1) is 8.61. The zero-order chi connectivity index (χ0) is 13.1. The third-order valence-corrected chi connectivity index (χ3v) is 2.59. The molecular formula is C12H10ClFN2O2. The Morgan fingerprint density at radius 3 is 3.00 bits per heavy atom. The lowest BCUT2D eigenvalue weighted by Gasteiger charge is -2.05. The molecule has 1 heterocycles. The quantitative estimate of drug-likeness (QED) is 0.930. The zero-order valence-corrected chi connectivity index (χ0v) is 10.3. The minimum Gasteiger partial charge on any atom is -0.378 e. The molecule has 6 heteroatoms. The van der Waals surface area contributed by atoms with Gasteiger partial charge in [0.15, 0.2) is 5.82 Å². The van der Waals surface area contributed by atoms with Crippen LogP contribution in [0.5, 0.6) is 0 Å². The fraction of sp³-hybridized carbons (Fsp3) is 0.167. The van der Waals surface area contributed by atoms with Crippen molar-refractivity contribution in [1.82, 2.24) is 9.97 Å². The lowest BCUT2D eigenvalue weighted by molar-refractivity contribution is 0.181. The Bertz CT molecular complexity index is 628. The van der Waals surface area contributed by atoms with Gasteiger partial charge in [-0.15, -0.1) is 0 Å². The summed E-state index contributed by atoms with van der Waals surface area (Å²) in [4.78, 5) is 18.0. The summed E-state index contributed by atoms with van der Waals surface area (Å²) in [6, 6.07) is 5.81. The monoisotopic (exact) mass is 268 g/mol. The number of aromatic amines is 1. The summed E-state index contributed by atoms with van der Waals surface area (Å²) in [6.07, 6.45) is 0. The first-order valence-corrected chi connectivity index (χ1v) is 5.53. The average molecular weight is 269 g/mol. The van der Waals surface area contributed by atoms with E-state index in [0.29, 0.717) is 5.69 Å². The normalized spacial score (nSPS) is 10.6. The molecule has 0 unspecified atom stereocenters. The van der Waals surface area contributed by atoms with Crippen LogP contribution in [-0.2, 0) is 11.3 Å². The second-order valence-corrected chi connectivity index (χ2v) is 4.03. The van der Waals surface area contributed by atoms with Crippen molar-refractivity contribution in [2.24, 2.45) is 0 Å². The summed E-state index contributed by atoms with van der Waals surface area (Å²) in [5, 5.41) is -0.0210. The smallest absolute Gasteiger partial charge is 0.251 e. The van der Waals surface area contributed by atoms with Gasteiger partial charge in [-0.2, -0.15) is 0 Å². The number of hydrogen-bond donors (Lipinski definition) is 1. The minimum absolute atomic E-state index is 0.0210. The van der Waals surface area contributed by atoms with Crippen LogP contribution in [0, 0.1) is 5.82 Å². The Balaban J connectivity index is 2.56. The van der Waals surface area contributed by atoms with Crippen LogP contribution < -0.4 is 5.56 Å². The summed E-state index contributed by atoms with van der Waals surface area (Å²) in [7, 11) is 1.49. The van der Waals surface area contributed by atoms with Gasteiger partial charge < -0.3 is 9.72 Å². The van der Waals surface area contributed by atoms with Crippen LogP contribution in [0.15, 0.2) is 29.1 Å². The van der Waals surface area contributed by atoms with Crippen molar-refractivity contribution in [3.05, 3.63) is 51.2 Å². The minimum atomic E-state index is -0.614. The van der Waals surface area contributed by atoms with Gasteiger partial charge in [-0.3, -0.25) is 4.79 Å². The molecule has 94 valence electrons. The third kappa shape index (κ3) is 2.57. The molecule has 18 heavy (non-hydrogen) atoms. The van der Waals surface area contributed by atoms with E-state index in [1.54, 1.807) is 6.07 Å². The number of hydrogen-bond acceptors (Lipinski definition) is 3. The number of H-pyrrole nitrogens is 1. The van der Waals surface area contributed by atoms with Crippen molar-refractivity contribution < 1.29 is 9.13 Å². The van der Waals surface area contributed by atoms with E-state index in [0.717, 1.165) is 0 Å². The molecule has 0 saturated carbocycles. The molecule has 0 saturated heterocycles. The van der Waals surface area contributed by atoms with Gasteiger partial charge >= 0.3 is 0 Å². The van der Waals surface area contributed by atoms with Gasteiger partial charge in [0.05, 0.1) is 22.9 Å². The second kappa shape index (κ2) is 5.29. The van der Waals surface area contributed by atoms with Gasteiger partial charge in [0.25, 0.3) is 5.56 Å². The molecule has 1 aromatic heterocycles. The molecule has 0 aliphatic carbocycles. The molecule has 0 aliphatic rings. The number of ether oxygens (including phenoxy) is 1. The number of benzene rings is 1. The molecule has 0 spiro atoms. The van der Waals surface area contributed by atoms with Crippen molar-refractivity contribution in [1.29, 1.82) is 0 Å². The van der Waals surface area contributed by atoms with E-state index < -0.39 is 5.82 Å². The largest absolute Gasteiger partial charge is 0.378 e. The number of rotatable bonds is 3. The SMILES string of the molecule is COCc1cc(=O)[nH]c(-c2cccc(Cl)c2F)n1. The first kappa shape index (κ1) is 12.7. The highest BCUT2D eigenvalue weighted by Crippen LogP contribution is 2.24. The van der Waals surface area contributed by atoms with E-state index in [4.69, 9.17) is 16.3 Å². The topological polar surface area (TPSA) is 55.0 Å². The molecule has 0 atom stereocenters.